The number of aryl methyl sites for hydroxylation is 2. The lowest BCUT2D eigenvalue weighted by Gasteiger charge is -2.35. The minimum Gasteiger partial charge on any atom is -0.458 e. The number of amides is 3. The number of nitrogens with one attached hydrogen (secondary N) is 2. The first kappa shape index (κ1) is 38.7. The van der Waals surface area contributed by atoms with E-state index in [1.807, 2.05) is 75.6 Å². The molecule has 9 nitrogen and oxygen atoms in total. The van der Waals surface area contributed by atoms with Crippen LogP contribution in [0.5, 0.6) is 0 Å². The van der Waals surface area contributed by atoms with E-state index >= 15 is 0 Å². The molecular weight excluding hydrogens is 602 g/mol. The van der Waals surface area contributed by atoms with Crippen LogP contribution in [0.2, 0.25) is 0 Å². The quantitative estimate of drug-likeness (QED) is 0.230. The van der Waals surface area contributed by atoms with Crippen LogP contribution < -0.4 is 10.6 Å². The van der Waals surface area contributed by atoms with Gasteiger partial charge in [0.15, 0.2) is 0 Å². The Labute approximate surface area is 279 Å². The van der Waals surface area contributed by atoms with E-state index in [0.717, 1.165) is 16.7 Å². The number of esters is 1. The topological polar surface area (TPSA) is 114 Å². The summed E-state index contributed by atoms with van der Waals surface area (Å²) in [6.07, 6.45) is 2.33. The number of thioether (sulfide) groups is 1. The van der Waals surface area contributed by atoms with E-state index in [0.29, 0.717) is 24.2 Å². The first-order valence-corrected chi connectivity index (χ1v) is 17.3. The van der Waals surface area contributed by atoms with Crippen LogP contribution in [0.1, 0.15) is 89.6 Å². The summed E-state index contributed by atoms with van der Waals surface area (Å²) in [5, 5.41) is 5.70. The number of rotatable bonds is 14. The lowest BCUT2D eigenvalue weighted by Crippen LogP contribution is -2.55. The van der Waals surface area contributed by atoms with Gasteiger partial charge in [0.2, 0.25) is 11.8 Å². The summed E-state index contributed by atoms with van der Waals surface area (Å²) in [7, 11) is 0. The van der Waals surface area contributed by atoms with E-state index < -0.39 is 53.2 Å². The molecule has 0 fully saturated rings. The average molecular weight is 656 g/mol. The molecule has 0 aliphatic heterocycles. The third kappa shape index (κ3) is 12.7. The molecule has 0 spiro atoms. The Kier molecular flexibility index (Phi) is 14.6. The molecule has 2 rings (SSSR count). The first-order valence-electron chi connectivity index (χ1n) is 15.9. The molecule has 2 aromatic carbocycles. The van der Waals surface area contributed by atoms with Crippen LogP contribution in [-0.4, -0.2) is 70.6 Å². The van der Waals surface area contributed by atoms with Crippen LogP contribution in [0, 0.1) is 13.8 Å². The Bertz CT molecular complexity index is 1320. The van der Waals surface area contributed by atoms with Crippen molar-refractivity contribution in [2.75, 3.05) is 18.6 Å². The maximum absolute atomic E-state index is 14.4. The fourth-order valence-electron chi connectivity index (χ4n) is 4.82. The van der Waals surface area contributed by atoms with Gasteiger partial charge in [-0.1, -0.05) is 55.5 Å². The summed E-state index contributed by atoms with van der Waals surface area (Å²) in [4.78, 5) is 56.6. The highest BCUT2D eigenvalue weighted by Gasteiger charge is 2.38. The van der Waals surface area contributed by atoms with Crippen molar-refractivity contribution in [1.82, 2.24) is 15.5 Å². The monoisotopic (exact) mass is 655 g/mol. The maximum Gasteiger partial charge on any atom is 0.408 e. The number of hydrogen-bond donors (Lipinski definition) is 2. The number of carbonyl (C=O) groups is 4. The van der Waals surface area contributed by atoms with Gasteiger partial charge in [0.05, 0.1) is 0 Å². The highest BCUT2D eigenvalue weighted by molar-refractivity contribution is 7.98. The third-order valence-electron chi connectivity index (χ3n) is 7.04. The van der Waals surface area contributed by atoms with Gasteiger partial charge in [0.1, 0.15) is 29.3 Å². The van der Waals surface area contributed by atoms with Gasteiger partial charge in [-0.15, -0.1) is 0 Å². The van der Waals surface area contributed by atoms with E-state index in [2.05, 4.69) is 10.6 Å². The summed E-state index contributed by atoms with van der Waals surface area (Å²) >= 11 is 1.55. The van der Waals surface area contributed by atoms with Gasteiger partial charge in [0.25, 0.3) is 0 Å². The largest absolute Gasteiger partial charge is 0.458 e. The van der Waals surface area contributed by atoms with Crippen LogP contribution >= 0.6 is 11.8 Å². The highest BCUT2D eigenvalue weighted by atomic mass is 32.2. The van der Waals surface area contributed by atoms with Crippen LogP contribution in [-0.2, 0) is 30.3 Å². The zero-order valence-electron chi connectivity index (χ0n) is 29.2. The summed E-state index contributed by atoms with van der Waals surface area (Å²) in [5.74, 6) is -0.888. The van der Waals surface area contributed by atoms with Crippen molar-refractivity contribution in [1.29, 1.82) is 0 Å². The number of carbonyl (C=O) groups excluding carboxylic acids is 4. The molecule has 0 radical (unpaired) electrons. The molecule has 0 aromatic heterocycles. The van der Waals surface area contributed by atoms with Gasteiger partial charge >= 0.3 is 12.1 Å². The number of alkyl carbamates (subject to hydrolysis) is 1. The van der Waals surface area contributed by atoms with Crippen molar-refractivity contribution in [3.8, 4) is 0 Å². The summed E-state index contributed by atoms with van der Waals surface area (Å²) in [6.45, 7) is 16.7. The second-order valence-electron chi connectivity index (χ2n) is 13.5. The predicted molar refractivity (Wildman–Crippen MR) is 185 cm³/mol. The Morgan fingerprint density at radius 1 is 0.848 bits per heavy atom. The van der Waals surface area contributed by atoms with Gasteiger partial charge in [-0.2, -0.15) is 11.8 Å². The fraction of sp³-hybridized carbons (Fsp3) is 0.556. The van der Waals surface area contributed by atoms with Crippen molar-refractivity contribution in [2.45, 2.75) is 111 Å². The molecule has 3 unspecified atom stereocenters. The van der Waals surface area contributed by atoms with Crippen molar-refractivity contribution in [3.05, 3.63) is 70.8 Å². The van der Waals surface area contributed by atoms with Gasteiger partial charge in [-0.25, -0.2) is 9.59 Å². The molecule has 0 saturated carbocycles. The minimum absolute atomic E-state index is 0.208. The average Bonchev–Trinajstić information content (AvgIpc) is 2.94. The molecule has 2 N–H and O–H groups in total. The lowest BCUT2D eigenvalue weighted by atomic mass is 9.97. The van der Waals surface area contributed by atoms with Crippen molar-refractivity contribution in [3.63, 3.8) is 0 Å². The predicted octanol–water partition coefficient (Wildman–Crippen LogP) is 6.30. The SMILES string of the molecule is CCCN(C(=O)C(CCSC)NC(=O)OC(C)(C)C)C(C(=O)NC(Cc1ccccc1)C(=O)OC(C)(C)C)c1ccc(C)c(C)c1. The molecule has 3 atom stereocenters. The van der Waals surface area contributed by atoms with Gasteiger partial charge in [0, 0.05) is 13.0 Å². The molecule has 3 amide bonds. The molecule has 0 bridgehead atoms. The van der Waals surface area contributed by atoms with Gasteiger partial charge in [-0.3, -0.25) is 9.59 Å². The second kappa shape index (κ2) is 17.4. The second-order valence-corrected chi connectivity index (χ2v) is 14.5. The molecule has 0 heterocycles. The lowest BCUT2D eigenvalue weighted by molar-refractivity contribution is -0.159. The van der Waals surface area contributed by atoms with E-state index in [4.69, 9.17) is 9.47 Å². The first-order chi connectivity index (χ1) is 21.5. The van der Waals surface area contributed by atoms with E-state index in [1.54, 1.807) is 53.3 Å². The van der Waals surface area contributed by atoms with Crippen LogP contribution in [0.15, 0.2) is 48.5 Å². The molecule has 0 aliphatic carbocycles. The molecule has 0 saturated heterocycles. The number of benzene rings is 2. The van der Waals surface area contributed by atoms with Crippen LogP contribution in [0.3, 0.4) is 0 Å². The van der Waals surface area contributed by atoms with E-state index in [-0.39, 0.29) is 13.0 Å². The van der Waals surface area contributed by atoms with Gasteiger partial charge in [-0.05, 0) is 102 Å². The number of nitrogens with zero attached hydrogens (tertiary/aromatic N) is 1. The molecule has 10 heteroatoms. The van der Waals surface area contributed by atoms with Crippen molar-refractivity contribution < 1.29 is 28.7 Å². The van der Waals surface area contributed by atoms with E-state index in [1.165, 1.54) is 4.90 Å². The normalized spacial score (nSPS) is 13.6. The molecule has 0 aliphatic rings. The Morgan fingerprint density at radius 3 is 2.02 bits per heavy atom. The Balaban J connectivity index is 2.60. The maximum atomic E-state index is 14.4. The van der Waals surface area contributed by atoms with Crippen LogP contribution in [0.25, 0.3) is 0 Å². The Morgan fingerprint density at radius 2 is 1.48 bits per heavy atom. The smallest absolute Gasteiger partial charge is 0.408 e. The van der Waals surface area contributed by atoms with Gasteiger partial charge < -0.3 is 25.0 Å². The third-order valence-corrected chi connectivity index (χ3v) is 7.69. The molecule has 2 aromatic rings. The Hall–Kier alpha value is -3.53. The summed E-state index contributed by atoms with van der Waals surface area (Å²) < 4.78 is 11.2. The molecule has 254 valence electrons. The highest BCUT2D eigenvalue weighted by Crippen LogP contribution is 2.26. The zero-order chi connectivity index (χ0) is 34.7. The van der Waals surface area contributed by atoms with Crippen LogP contribution in [0.4, 0.5) is 4.79 Å². The van der Waals surface area contributed by atoms with E-state index in [9.17, 15) is 19.2 Å². The number of hydrogen-bond acceptors (Lipinski definition) is 7. The number of ether oxygens (including phenoxy) is 2. The standard InChI is InChI=1S/C36H53N3O6S/c1-11-20-39(32(41)28(19-21-46-10)38-34(43)45-36(7,8)9)30(27-18-17-24(2)25(3)22-27)31(40)37-29(33(42)44-35(4,5)6)23-26-15-13-12-14-16-26/h12-18,22,28-30H,11,19-21,23H2,1-10H3,(H,37,40)(H,38,43). The fourth-order valence-corrected chi connectivity index (χ4v) is 5.30. The molecule has 46 heavy (non-hydrogen) atoms. The van der Waals surface area contributed by atoms with Crippen molar-refractivity contribution >= 4 is 35.6 Å². The minimum atomic E-state index is -1.08. The zero-order valence-corrected chi connectivity index (χ0v) is 30.0. The molecular formula is C36H53N3O6S. The summed E-state index contributed by atoms with van der Waals surface area (Å²) in [6, 6.07) is 12.0. The summed E-state index contributed by atoms with van der Waals surface area (Å²) in [5.41, 5.74) is 1.92. The van der Waals surface area contributed by atoms with Crippen molar-refractivity contribution in [2.24, 2.45) is 0 Å².